The van der Waals surface area contributed by atoms with Crippen molar-refractivity contribution in [1.82, 2.24) is 0 Å². The number of benzene rings is 1. The predicted molar refractivity (Wildman–Crippen MR) is 70.3 cm³/mol. The molecule has 5 heteroatoms. The summed E-state index contributed by atoms with van der Waals surface area (Å²) >= 11 is 3.33. The Labute approximate surface area is 109 Å². The van der Waals surface area contributed by atoms with Crippen LogP contribution < -0.4 is 5.32 Å². The molecule has 94 valence electrons. The summed E-state index contributed by atoms with van der Waals surface area (Å²) in [5.74, 6) is 0.0403. The summed E-state index contributed by atoms with van der Waals surface area (Å²) in [6, 6.07) is 5.33. The van der Waals surface area contributed by atoms with Crippen LogP contribution in [0.5, 0.6) is 0 Å². The lowest BCUT2D eigenvalue weighted by atomic mass is 10.1. The molecule has 0 fully saturated rings. The topological polar surface area (TPSA) is 69.6 Å². The Balaban J connectivity index is 2.87. The monoisotopic (exact) mass is 301 g/mol. The Morgan fingerprint density at radius 3 is 2.82 bits per heavy atom. The van der Waals surface area contributed by atoms with Crippen LogP contribution in [0.3, 0.4) is 0 Å². The Morgan fingerprint density at radius 1 is 1.53 bits per heavy atom. The van der Waals surface area contributed by atoms with Crippen LogP contribution in [0.1, 0.15) is 23.7 Å². The molecule has 0 aliphatic heterocycles. The third-order valence-corrected chi connectivity index (χ3v) is 2.84. The van der Waals surface area contributed by atoms with Crippen molar-refractivity contribution < 1.29 is 15.0 Å². The van der Waals surface area contributed by atoms with E-state index in [9.17, 15) is 9.90 Å². The van der Waals surface area contributed by atoms with Gasteiger partial charge in [-0.05, 0) is 18.2 Å². The molecule has 0 aliphatic rings. The van der Waals surface area contributed by atoms with Gasteiger partial charge in [0.25, 0.3) is 0 Å². The van der Waals surface area contributed by atoms with Crippen molar-refractivity contribution in [1.29, 1.82) is 0 Å². The van der Waals surface area contributed by atoms with E-state index in [1.54, 1.807) is 25.1 Å². The van der Waals surface area contributed by atoms with Crippen LogP contribution in [0, 0.1) is 0 Å². The number of nitrogens with one attached hydrogen (secondary N) is 1. The Morgan fingerprint density at radius 2 is 2.24 bits per heavy atom. The molecule has 0 aliphatic carbocycles. The molecular weight excluding hydrogens is 286 g/mol. The number of ketones is 1. The number of aliphatic hydroxyl groups excluding tert-OH is 2. The smallest absolute Gasteiger partial charge is 0.164 e. The maximum absolute atomic E-state index is 11.7. The van der Waals surface area contributed by atoms with Crippen molar-refractivity contribution in [2.45, 2.75) is 19.4 Å². The minimum absolute atomic E-state index is 0.0403. The molecule has 0 radical (unpaired) electrons. The van der Waals surface area contributed by atoms with Crippen molar-refractivity contribution in [3.05, 3.63) is 28.2 Å². The SMILES string of the molecule is CCC(=O)c1ccc(Br)cc1NCC(O)CO. The van der Waals surface area contributed by atoms with Crippen molar-refractivity contribution in [3.63, 3.8) is 0 Å². The van der Waals surface area contributed by atoms with Gasteiger partial charge in [0.15, 0.2) is 5.78 Å². The number of Topliss-reactive ketones (excluding diaryl/α,β-unsaturated/α-hetero) is 1. The van der Waals surface area contributed by atoms with Gasteiger partial charge >= 0.3 is 0 Å². The van der Waals surface area contributed by atoms with Crippen LogP contribution in [0.4, 0.5) is 5.69 Å². The number of hydrogen-bond acceptors (Lipinski definition) is 4. The maximum Gasteiger partial charge on any atom is 0.164 e. The second-order valence-electron chi connectivity index (χ2n) is 3.68. The number of aliphatic hydroxyl groups is 2. The molecule has 1 rings (SSSR count). The highest BCUT2D eigenvalue weighted by Gasteiger charge is 2.11. The average molecular weight is 302 g/mol. The van der Waals surface area contributed by atoms with E-state index in [1.165, 1.54) is 0 Å². The fraction of sp³-hybridized carbons (Fsp3) is 0.417. The molecule has 17 heavy (non-hydrogen) atoms. The maximum atomic E-state index is 11.7. The van der Waals surface area contributed by atoms with E-state index in [0.717, 1.165) is 4.47 Å². The summed E-state index contributed by atoms with van der Waals surface area (Å²) in [6.07, 6.45) is -0.405. The van der Waals surface area contributed by atoms with Gasteiger partial charge in [-0.25, -0.2) is 0 Å². The fourth-order valence-corrected chi connectivity index (χ4v) is 1.75. The molecular formula is C12H16BrNO3. The van der Waals surface area contributed by atoms with Crippen LogP contribution in [0.15, 0.2) is 22.7 Å². The van der Waals surface area contributed by atoms with Gasteiger partial charge in [0.05, 0.1) is 12.7 Å². The van der Waals surface area contributed by atoms with Crippen LogP contribution in [-0.2, 0) is 0 Å². The van der Waals surface area contributed by atoms with Gasteiger partial charge in [-0.3, -0.25) is 4.79 Å². The summed E-state index contributed by atoms with van der Waals surface area (Å²) in [6.45, 7) is 1.70. The van der Waals surface area contributed by atoms with Crippen molar-refractivity contribution in [3.8, 4) is 0 Å². The van der Waals surface area contributed by atoms with Gasteiger partial charge in [0, 0.05) is 28.7 Å². The zero-order chi connectivity index (χ0) is 12.8. The molecule has 1 unspecified atom stereocenters. The highest BCUT2D eigenvalue weighted by atomic mass is 79.9. The van der Waals surface area contributed by atoms with Gasteiger partial charge in [-0.15, -0.1) is 0 Å². The number of carbonyl (C=O) groups excluding carboxylic acids is 1. The number of anilines is 1. The number of carbonyl (C=O) groups is 1. The number of halogens is 1. The molecule has 1 atom stereocenters. The summed E-state index contributed by atoms with van der Waals surface area (Å²) in [5.41, 5.74) is 1.26. The lowest BCUT2D eigenvalue weighted by molar-refractivity contribution is 0.0987. The van der Waals surface area contributed by atoms with E-state index in [-0.39, 0.29) is 18.9 Å². The molecule has 3 N–H and O–H groups in total. The molecule has 0 bridgehead atoms. The van der Waals surface area contributed by atoms with Crippen LogP contribution in [-0.4, -0.2) is 35.3 Å². The lowest BCUT2D eigenvalue weighted by Crippen LogP contribution is -2.23. The highest BCUT2D eigenvalue weighted by molar-refractivity contribution is 9.10. The summed E-state index contributed by atoms with van der Waals surface area (Å²) in [7, 11) is 0. The molecule has 0 spiro atoms. The average Bonchev–Trinajstić information content (AvgIpc) is 2.35. The quantitative estimate of drug-likeness (QED) is 0.701. The number of rotatable bonds is 6. The largest absolute Gasteiger partial charge is 0.394 e. The Kier molecular flexibility index (Phi) is 5.61. The van der Waals surface area contributed by atoms with Crippen molar-refractivity contribution in [2.75, 3.05) is 18.5 Å². The highest BCUT2D eigenvalue weighted by Crippen LogP contribution is 2.22. The second kappa shape index (κ2) is 6.74. The molecule has 0 heterocycles. The van der Waals surface area contributed by atoms with Crippen LogP contribution >= 0.6 is 15.9 Å². The van der Waals surface area contributed by atoms with Gasteiger partial charge < -0.3 is 15.5 Å². The zero-order valence-electron chi connectivity index (χ0n) is 9.61. The van der Waals surface area contributed by atoms with E-state index < -0.39 is 6.10 Å². The van der Waals surface area contributed by atoms with E-state index in [4.69, 9.17) is 5.11 Å². The van der Waals surface area contributed by atoms with Gasteiger partial charge in [0.1, 0.15) is 0 Å². The van der Waals surface area contributed by atoms with E-state index in [2.05, 4.69) is 21.2 Å². The molecule has 0 amide bonds. The van der Waals surface area contributed by atoms with Gasteiger partial charge in [-0.2, -0.15) is 0 Å². The normalized spacial score (nSPS) is 12.2. The number of hydrogen-bond donors (Lipinski definition) is 3. The summed E-state index contributed by atoms with van der Waals surface area (Å²) in [5, 5.41) is 21.0. The standard InChI is InChI=1S/C12H16BrNO3/c1-2-12(17)10-4-3-8(13)5-11(10)14-6-9(16)7-15/h3-5,9,14-16H,2,6-7H2,1H3. The molecule has 0 saturated heterocycles. The molecule has 4 nitrogen and oxygen atoms in total. The summed E-state index contributed by atoms with van der Waals surface area (Å²) < 4.78 is 0.853. The predicted octanol–water partition coefficient (Wildman–Crippen LogP) is 1.81. The first kappa shape index (κ1) is 14.2. The van der Waals surface area contributed by atoms with E-state index in [0.29, 0.717) is 17.7 Å². The Hall–Kier alpha value is -0.910. The van der Waals surface area contributed by atoms with Crippen LogP contribution in [0.2, 0.25) is 0 Å². The first-order chi connectivity index (χ1) is 8.08. The molecule has 0 aromatic heterocycles. The first-order valence-electron chi connectivity index (χ1n) is 5.44. The summed E-state index contributed by atoms with van der Waals surface area (Å²) in [4.78, 5) is 11.7. The molecule has 1 aromatic rings. The third-order valence-electron chi connectivity index (χ3n) is 2.34. The van der Waals surface area contributed by atoms with Crippen molar-refractivity contribution in [2.24, 2.45) is 0 Å². The first-order valence-corrected chi connectivity index (χ1v) is 6.23. The van der Waals surface area contributed by atoms with Crippen LogP contribution in [0.25, 0.3) is 0 Å². The van der Waals surface area contributed by atoms with E-state index in [1.807, 2.05) is 0 Å². The lowest BCUT2D eigenvalue weighted by Gasteiger charge is -2.13. The second-order valence-corrected chi connectivity index (χ2v) is 4.60. The van der Waals surface area contributed by atoms with Gasteiger partial charge in [0.2, 0.25) is 0 Å². The minimum Gasteiger partial charge on any atom is -0.394 e. The van der Waals surface area contributed by atoms with Gasteiger partial charge in [-0.1, -0.05) is 22.9 Å². The third kappa shape index (κ3) is 4.11. The molecule has 1 aromatic carbocycles. The zero-order valence-corrected chi connectivity index (χ0v) is 11.2. The Bertz CT molecular complexity index is 395. The fourth-order valence-electron chi connectivity index (χ4n) is 1.39. The van der Waals surface area contributed by atoms with Crippen molar-refractivity contribution >= 4 is 27.4 Å². The van der Waals surface area contributed by atoms with E-state index >= 15 is 0 Å². The molecule has 0 saturated carbocycles. The minimum atomic E-state index is -0.835.